The summed E-state index contributed by atoms with van der Waals surface area (Å²) in [5.41, 5.74) is 1.99. The average Bonchev–Trinajstić information content (AvgIpc) is 1.97. The fourth-order valence-corrected chi connectivity index (χ4v) is 0.299. The zero-order valence-electron chi connectivity index (χ0n) is 5.79. The minimum absolute atomic E-state index is 0.0150. The van der Waals surface area contributed by atoms with E-state index in [4.69, 9.17) is 5.11 Å². The smallest absolute Gasteiger partial charge is 0.431 e. The summed E-state index contributed by atoms with van der Waals surface area (Å²) in [5.74, 6) is 0. The van der Waals surface area contributed by atoms with Crippen LogP contribution in [-0.2, 0) is 9.57 Å². The molecule has 0 bridgehead atoms. The molecular formula is C5H11NO4. The molecule has 0 unspecified atom stereocenters. The van der Waals surface area contributed by atoms with Crippen LogP contribution >= 0.6 is 0 Å². The lowest BCUT2D eigenvalue weighted by Crippen LogP contribution is -2.25. The number of rotatable bonds is 4. The first-order valence-electron chi connectivity index (χ1n) is 2.96. The standard InChI is InChI=1S/C5H11NO4/c1-2-10-6-5(8)9-4-3-7/h7H,2-4H2,1H3,(H,6,8). The number of aliphatic hydroxyl groups is 1. The van der Waals surface area contributed by atoms with Crippen molar-refractivity contribution < 1.29 is 19.5 Å². The van der Waals surface area contributed by atoms with Gasteiger partial charge in [-0.1, -0.05) is 0 Å². The van der Waals surface area contributed by atoms with E-state index in [1.807, 2.05) is 5.48 Å². The number of nitrogens with one attached hydrogen (secondary N) is 1. The van der Waals surface area contributed by atoms with Gasteiger partial charge in [0.15, 0.2) is 0 Å². The molecule has 0 saturated carbocycles. The van der Waals surface area contributed by atoms with Crippen molar-refractivity contribution in [2.24, 2.45) is 0 Å². The highest BCUT2D eigenvalue weighted by molar-refractivity contribution is 5.65. The summed E-state index contributed by atoms with van der Waals surface area (Å²) in [5, 5.41) is 8.19. The van der Waals surface area contributed by atoms with Crippen LogP contribution in [0.4, 0.5) is 4.79 Å². The minimum Gasteiger partial charge on any atom is -0.446 e. The van der Waals surface area contributed by atoms with Gasteiger partial charge in [-0.05, 0) is 6.92 Å². The Morgan fingerprint density at radius 1 is 1.70 bits per heavy atom. The van der Waals surface area contributed by atoms with E-state index in [-0.39, 0.29) is 13.2 Å². The first-order chi connectivity index (χ1) is 4.81. The lowest BCUT2D eigenvalue weighted by molar-refractivity contribution is 0.0289. The van der Waals surface area contributed by atoms with E-state index < -0.39 is 6.09 Å². The maximum atomic E-state index is 10.4. The molecule has 0 aromatic carbocycles. The number of aliphatic hydroxyl groups excluding tert-OH is 1. The van der Waals surface area contributed by atoms with Crippen LogP contribution in [0.25, 0.3) is 0 Å². The Morgan fingerprint density at radius 3 is 2.90 bits per heavy atom. The number of carbonyl (C=O) groups is 1. The second-order valence-corrected chi connectivity index (χ2v) is 1.39. The molecule has 0 rings (SSSR count). The average molecular weight is 149 g/mol. The zero-order valence-corrected chi connectivity index (χ0v) is 5.79. The van der Waals surface area contributed by atoms with Gasteiger partial charge in [0.25, 0.3) is 0 Å². The lowest BCUT2D eigenvalue weighted by Gasteiger charge is -2.02. The lowest BCUT2D eigenvalue weighted by atomic mass is 10.8. The second-order valence-electron chi connectivity index (χ2n) is 1.39. The van der Waals surface area contributed by atoms with Gasteiger partial charge in [-0.15, -0.1) is 0 Å². The van der Waals surface area contributed by atoms with E-state index >= 15 is 0 Å². The third-order valence-electron chi connectivity index (χ3n) is 0.624. The van der Waals surface area contributed by atoms with Crippen molar-refractivity contribution >= 4 is 6.09 Å². The highest BCUT2D eigenvalue weighted by Crippen LogP contribution is 1.75. The molecule has 0 aromatic rings. The van der Waals surface area contributed by atoms with Crippen LogP contribution in [0.1, 0.15) is 6.92 Å². The van der Waals surface area contributed by atoms with Crippen LogP contribution in [0, 0.1) is 0 Å². The van der Waals surface area contributed by atoms with Crippen molar-refractivity contribution in [3.05, 3.63) is 0 Å². The number of carbonyl (C=O) groups excluding carboxylic acids is 1. The monoisotopic (exact) mass is 149 g/mol. The summed E-state index contributed by atoms with van der Waals surface area (Å²) in [4.78, 5) is 14.9. The third-order valence-corrected chi connectivity index (χ3v) is 0.624. The highest BCUT2D eigenvalue weighted by atomic mass is 16.7. The molecule has 0 aliphatic heterocycles. The number of hydroxylamine groups is 1. The molecule has 60 valence electrons. The second kappa shape index (κ2) is 6.31. The van der Waals surface area contributed by atoms with Gasteiger partial charge in [-0.3, -0.25) is 4.84 Å². The van der Waals surface area contributed by atoms with E-state index in [1.165, 1.54) is 0 Å². The van der Waals surface area contributed by atoms with Gasteiger partial charge in [0, 0.05) is 0 Å². The molecule has 0 aromatic heterocycles. The zero-order chi connectivity index (χ0) is 7.82. The SMILES string of the molecule is CCONC(=O)OCCO. The van der Waals surface area contributed by atoms with Crippen molar-refractivity contribution in [3.63, 3.8) is 0 Å². The number of hydrogen-bond donors (Lipinski definition) is 2. The summed E-state index contributed by atoms with van der Waals surface area (Å²) < 4.78 is 4.37. The van der Waals surface area contributed by atoms with Crippen LogP contribution in [0.3, 0.4) is 0 Å². The van der Waals surface area contributed by atoms with Gasteiger partial charge in [-0.25, -0.2) is 4.79 Å². The maximum Gasteiger partial charge on any atom is 0.431 e. The first-order valence-corrected chi connectivity index (χ1v) is 2.96. The van der Waals surface area contributed by atoms with Gasteiger partial charge < -0.3 is 9.84 Å². The van der Waals surface area contributed by atoms with E-state index in [9.17, 15) is 4.79 Å². The van der Waals surface area contributed by atoms with Gasteiger partial charge >= 0.3 is 6.09 Å². The van der Waals surface area contributed by atoms with E-state index in [0.717, 1.165) is 0 Å². The predicted molar refractivity (Wildman–Crippen MR) is 33.2 cm³/mol. The van der Waals surface area contributed by atoms with Crippen molar-refractivity contribution in [2.75, 3.05) is 19.8 Å². The maximum absolute atomic E-state index is 10.4. The number of hydrogen-bond acceptors (Lipinski definition) is 4. The number of ether oxygens (including phenoxy) is 1. The molecule has 0 aliphatic rings. The molecule has 1 amide bonds. The van der Waals surface area contributed by atoms with E-state index in [1.54, 1.807) is 6.92 Å². The molecule has 0 fully saturated rings. The summed E-state index contributed by atoms with van der Waals surface area (Å²) in [6.07, 6.45) is -0.684. The van der Waals surface area contributed by atoms with E-state index in [0.29, 0.717) is 6.61 Å². The van der Waals surface area contributed by atoms with Gasteiger partial charge in [0.05, 0.1) is 13.2 Å². The predicted octanol–water partition coefficient (Wildman–Crippen LogP) is -0.344. The Balaban J connectivity index is 3.09. The molecule has 0 saturated heterocycles. The number of amides is 1. The van der Waals surface area contributed by atoms with Gasteiger partial charge in [0.2, 0.25) is 0 Å². The minimum atomic E-state index is -0.684. The topological polar surface area (TPSA) is 67.8 Å². The van der Waals surface area contributed by atoms with Crippen LogP contribution in [0.15, 0.2) is 0 Å². The van der Waals surface area contributed by atoms with Crippen molar-refractivity contribution in [1.82, 2.24) is 5.48 Å². The summed E-state index contributed by atoms with van der Waals surface area (Å²) in [6.45, 7) is 1.92. The summed E-state index contributed by atoms with van der Waals surface area (Å²) in [7, 11) is 0. The quantitative estimate of drug-likeness (QED) is 0.536. The largest absolute Gasteiger partial charge is 0.446 e. The van der Waals surface area contributed by atoms with Crippen LogP contribution in [0.2, 0.25) is 0 Å². The molecule has 0 heterocycles. The molecule has 0 atom stereocenters. The Morgan fingerprint density at radius 2 is 2.40 bits per heavy atom. The molecule has 5 nitrogen and oxygen atoms in total. The van der Waals surface area contributed by atoms with Crippen LogP contribution in [-0.4, -0.2) is 31.0 Å². The third kappa shape index (κ3) is 5.33. The Hall–Kier alpha value is -0.810. The van der Waals surface area contributed by atoms with Crippen LogP contribution < -0.4 is 5.48 Å². The van der Waals surface area contributed by atoms with Gasteiger partial charge in [-0.2, -0.15) is 5.48 Å². The van der Waals surface area contributed by atoms with Crippen molar-refractivity contribution in [3.8, 4) is 0 Å². The molecule has 2 N–H and O–H groups in total. The first kappa shape index (κ1) is 9.19. The summed E-state index contributed by atoms with van der Waals surface area (Å²) in [6, 6.07) is 0. The Kier molecular flexibility index (Phi) is 5.80. The normalized spacial score (nSPS) is 9.00. The fraction of sp³-hybridized carbons (Fsp3) is 0.800. The molecule has 0 radical (unpaired) electrons. The van der Waals surface area contributed by atoms with E-state index in [2.05, 4.69) is 9.57 Å². The van der Waals surface area contributed by atoms with Gasteiger partial charge in [0.1, 0.15) is 6.61 Å². The molecule has 10 heavy (non-hydrogen) atoms. The van der Waals surface area contributed by atoms with Crippen molar-refractivity contribution in [1.29, 1.82) is 0 Å². The molecule has 0 spiro atoms. The Bertz CT molecular complexity index is 85.6. The molecule has 0 aliphatic carbocycles. The van der Waals surface area contributed by atoms with Crippen molar-refractivity contribution in [2.45, 2.75) is 6.92 Å². The molecular weight excluding hydrogens is 138 g/mol. The van der Waals surface area contributed by atoms with Crippen LogP contribution in [0.5, 0.6) is 0 Å². The Labute approximate surface area is 58.9 Å². The summed E-state index contributed by atoms with van der Waals surface area (Å²) >= 11 is 0. The fourth-order valence-electron chi connectivity index (χ4n) is 0.299. The molecule has 5 heteroatoms. The highest BCUT2D eigenvalue weighted by Gasteiger charge is 1.97.